The molecule has 8 heteroatoms. The first kappa shape index (κ1) is 15.4. The van der Waals surface area contributed by atoms with E-state index in [0.717, 1.165) is 33.9 Å². The predicted octanol–water partition coefficient (Wildman–Crippen LogP) is 2.75. The molecule has 4 heterocycles. The van der Waals surface area contributed by atoms with Gasteiger partial charge in [-0.3, -0.25) is 9.08 Å². The number of benzene rings is 1. The van der Waals surface area contributed by atoms with Gasteiger partial charge in [-0.05, 0) is 12.1 Å². The zero-order valence-electron chi connectivity index (χ0n) is 14.6. The van der Waals surface area contributed by atoms with Gasteiger partial charge in [-0.25, -0.2) is 9.97 Å². The van der Waals surface area contributed by atoms with Crippen LogP contribution in [0.3, 0.4) is 0 Å². The third kappa shape index (κ3) is 2.77. The second-order valence-electron chi connectivity index (χ2n) is 6.22. The molecule has 1 aliphatic rings. The topological polar surface area (TPSA) is 81.3 Å². The molecular weight excluding hydrogens is 342 g/mol. The van der Waals surface area contributed by atoms with Crippen molar-refractivity contribution in [2.24, 2.45) is 7.05 Å². The van der Waals surface area contributed by atoms with Crippen LogP contribution in [-0.4, -0.2) is 30.9 Å². The Balaban J connectivity index is 1.51. The lowest BCUT2D eigenvalue weighted by Crippen LogP contribution is -1.99. The second-order valence-corrected chi connectivity index (χ2v) is 6.22. The van der Waals surface area contributed by atoms with Crippen LogP contribution in [0.1, 0.15) is 5.56 Å². The van der Waals surface area contributed by atoms with Crippen LogP contribution in [0.4, 0.5) is 11.5 Å². The molecule has 0 saturated heterocycles. The van der Waals surface area contributed by atoms with Crippen molar-refractivity contribution in [1.29, 1.82) is 0 Å². The summed E-state index contributed by atoms with van der Waals surface area (Å²) in [5, 5.41) is 10.6. The Morgan fingerprint density at radius 3 is 2.96 bits per heavy atom. The van der Waals surface area contributed by atoms with Crippen LogP contribution < -0.4 is 10.6 Å². The highest BCUT2D eigenvalue weighted by atomic mass is 16.5. The van der Waals surface area contributed by atoms with Gasteiger partial charge < -0.3 is 15.4 Å². The summed E-state index contributed by atoms with van der Waals surface area (Å²) in [5.74, 6) is 1.51. The molecule has 0 radical (unpaired) electrons. The third-order valence-electron chi connectivity index (χ3n) is 4.38. The van der Waals surface area contributed by atoms with Crippen LogP contribution >= 0.6 is 0 Å². The summed E-state index contributed by atoms with van der Waals surface area (Å²) in [6, 6.07) is 8.00. The van der Waals surface area contributed by atoms with Crippen LogP contribution in [0.2, 0.25) is 0 Å². The summed E-state index contributed by atoms with van der Waals surface area (Å²) < 4.78 is 9.33. The molecule has 0 spiro atoms. The molecule has 5 rings (SSSR count). The normalized spacial score (nSPS) is 13.3. The summed E-state index contributed by atoms with van der Waals surface area (Å²) in [4.78, 5) is 9.02. The molecule has 0 unspecified atom stereocenters. The molecule has 2 N–H and O–H groups in total. The standard InChI is InChI=1S/C19H17N7O/c1-25-11-14(8-23-25)16-9-22-19-18(21-5-6-26(16)19)24-15-4-2-3-13(7-15)17-10-20-12-27-17/h2-11,20H,12H2,1H3,(H,21,24). The Hall–Kier alpha value is -3.81. The molecule has 0 aliphatic carbocycles. The molecule has 0 saturated carbocycles. The van der Waals surface area contributed by atoms with E-state index in [9.17, 15) is 0 Å². The fourth-order valence-corrected chi connectivity index (χ4v) is 3.12. The number of nitrogens with zero attached hydrogens (tertiary/aromatic N) is 5. The SMILES string of the molecule is Cn1cc(-c2cnc3c(Nc4cccc(C5=CNCO5)c4)nccn23)cn1. The van der Waals surface area contributed by atoms with Crippen LogP contribution in [0.25, 0.3) is 22.7 Å². The number of aromatic nitrogens is 5. The summed E-state index contributed by atoms with van der Waals surface area (Å²) in [5.41, 5.74) is 4.63. The van der Waals surface area contributed by atoms with Crippen molar-refractivity contribution in [2.45, 2.75) is 0 Å². The highest BCUT2D eigenvalue weighted by Crippen LogP contribution is 2.26. The maximum Gasteiger partial charge on any atom is 0.180 e. The molecule has 0 bridgehead atoms. The Morgan fingerprint density at radius 2 is 2.15 bits per heavy atom. The number of imidazole rings is 1. The molecule has 4 aromatic rings. The summed E-state index contributed by atoms with van der Waals surface area (Å²) >= 11 is 0. The lowest BCUT2D eigenvalue weighted by atomic mass is 10.1. The van der Waals surface area contributed by atoms with Crippen LogP contribution in [-0.2, 0) is 11.8 Å². The monoisotopic (exact) mass is 359 g/mol. The lowest BCUT2D eigenvalue weighted by Gasteiger charge is -2.09. The molecule has 1 aliphatic heterocycles. The van der Waals surface area contributed by atoms with Gasteiger partial charge in [-0.15, -0.1) is 0 Å². The van der Waals surface area contributed by atoms with E-state index in [1.807, 2.05) is 66.7 Å². The first-order valence-corrected chi connectivity index (χ1v) is 8.53. The van der Waals surface area contributed by atoms with E-state index in [0.29, 0.717) is 12.5 Å². The van der Waals surface area contributed by atoms with Gasteiger partial charge in [-0.1, -0.05) is 12.1 Å². The molecule has 8 nitrogen and oxygen atoms in total. The first-order chi connectivity index (χ1) is 13.3. The number of nitrogens with one attached hydrogen (secondary N) is 2. The van der Waals surface area contributed by atoms with Gasteiger partial charge in [0, 0.05) is 48.7 Å². The van der Waals surface area contributed by atoms with Gasteiger partial charge in [0.25, 0.3) is 0 Å². The van der Waals surface area contributed by atoms with E-state index in [2.05, 4.69) is 25.7 Å². The maximum absolute atomic E-state index is 5.55. The number of hydrogen-bond acceptors (Lipinski definition) is 6. The van der Waals surface area contributed by atoms with E-state index < -0.39 is 0 Å². The van der Waals surface area contributed by atoms with Crippen LogP contribution in [0.15, 0.2) is 61.4 Å². The number of fused-ring (bicyclic) bond motifs is 1. The fraction of sp³-hybridized carbons (Fsp3) is 0.105. The predicted molar refractivity (Wildman–Crippen MR) is 102 cm³/mol. The Labute approximate surface area is 155 Å². The summed E-state index contributed by atoms with van der Waals surface area (Å²) in [6.07, 6.45) is 11.1. The van der Waals surface area contributed by atoms with Gasteiger partial charge in [0.2, 0.25) is 0 Å². The molecule has 134 valence electrons. The van der Waals surface area contributed by atoms with Crippen molar-refractivity contribution in [3.8, 4) is 11.3 Å². The maximum atomic E-state index is 5.55. The zero-order valence-corrected chi connectivity index (χ0v) is 14.6. The lowest BCUT2D eigenvalue weighted by molar-refractivity contribution is 0.291. The van der Waals surface area contributed by atoms with Gasteiger partial charge in [0.15, 0.2) is 18.2 Å². The fourth-order valence-electron chi connectivity index (χ4n) is 3.12. The smallest absolute Gasteiger partial charge is 0.180 e. The molecule has 27 heavy (non-hydrogen) atoms. The molecular formula is C19H17N7O. The van der Waals surface area contributed by atoms with Crippen molar-refractivity contribution >= 4 is 22.9 Å². The molecule has 3 aromatic heterocycles. The van der Waals surface area contributed by atoms with Crippen LogP contribution in [0.5, 0.6) is 0 Å². The first-order valence-electron chi connectivity index (χ1n) is 8.53. The molecule has 0 atom stereocenters. The minimum Gasteiger partial charge on any atom is -0.471 e. The van der Waals surface area contributed by atoms with E-state index in [1.54, 1.807) is 10.9 Å². The largest absolute Gasteiger partial charge is 0.471 e. The summed E-state index contributed by atoms with van der Waals surface area (Å²) in [6.45, 7) is 0.499. The molecule has 0 amide bonds. The third-order valence-corrected chi connectivity index (χ3v) is 4.38. The minimum absolute atomic E-state index is 0.499. The van der Waals surface area contributed by atoms with Gasteiger partial charge in [0.1, 0.15) is 5.76 Å². The van der Waals surface area contributed by atoms with Gasteiger partial charge in [0.05, 0.1) is 18.1 Å². The van der Waals surface area contributed by atoms with Gasteiger partial charge in [-0.2, -0.15) is 5.10 Å². The highest BCUT2D eigenvalue weighted by molar-refractivity contribution is 5.75. The Bertz CT molecular complexity index is 1160. The van der Waals surface area contributed by atoms with E-state index in [4.69, 9.17) is 4.74 Å². The van der Waals surface area contributed by atoms with E-state index in [1.165, 1.54) is 0 Å². The Morgan fingerprint density at radius 1 is 1.19 bits per heavy atom. The number of aryl methyl sites for hydroxylation is 1. The average molecular weight is 359 g/mol. The number of anilines is 2. The number of rotatable bonds is 4. The van der Waals surface area contributed by atoms with Crippen molar-refractivity contribution in [2.75, 3.05) is 12.0 Å². The Kier molecular flexibility index (Phi) is 3.53. The van der Waals surface area contributed by atoms with Crippen molar-refractivity contribution in [3.63, 3.8) is 0 Å². The number of ether oxygens (including phenoxy) is 1. The van der Waals surface area contributed by atoms with E-state index >= 15 is 0 Å². The summed E-state index contributed by atoms with van der Waals surface area (Å²) in [7, 11) is 1.90. The quantitative estimate of drug-likeness (QED) is 0.583. The zero-order chi connectivity index (χ0) is 18.2. The van der Waals surface area contributed by atoms with Crippen molar-refractivity contribution in [1.82, 2.24) is 29.5 Å². The van der Waals surface area contributed by atoms with Crippen LogP contribution in [0, 0.1) is 0 Å². The highest BCUT2D eigenvalue weighted by Gasteiger charge is 2.13. The average Bonchev–Trinajstić information content (AvgIpc) is 3.43. The number of hydrogen-bond donors (Lipinski definition) is 2. The van der Waals surface area contributed by atoms with Crippen molar-refractivity contribution in [3.05, 3.63) is 67.0 Å². The molecule has 1 aromatic carbocycles. The van der Waals surface area contributed by atoms with Crippen molar-refractivity contribution < 1.29 is 4.74 Å². The van der Waals surface area contributed by atoms with E-state index in [-0.39, 0.29) is 0 Å². The minimum atomic E-state index is 0.499. The second kappa shape index (κ2) is 6.17. The molecule has 0 fully saturated rings. The van der Waals surface area contributed by atoms with Gasteiger partial charge >= 0.3 is 0 Å².